The summed E-state index contributed by atoms with van der Waals surface area (Å²) in [5.41, 5.74) is 1.53. The van der Waals surface area contributed by atoms with Crippen molar-refractivity contribution in [3.05, 3.63) is 59.7 Å². The lowest BCUT2D eigenvalue weighted by atomic mass is 9.80. The predicted molar refractivity (Wildman–Crippen MR) is 136 cm³/mol. The smallest absolute Gasteiger partial charge is 0.253 e. The van der Waals surface area contributed by atoms with Gasteiger partial charge in [-0.25, -0.2) is 0 Å². The van der Waals surface area contributed by atoms with Gasteiger partial charge in [0, 0.05) is 31.5 Å². The quantitative estimate of drug-likeness (QED) is 0.500. The monoisotopic (exact) mass is 481 g/mol. The highest BCUT2D eigenvalue weighted by molar-refractivity contribution is 5.95. The summed E-state index contributed by atoms with van der Waals surface area (Å²) < 4.78 is 24.4. The Morgan fingerprint density at radius 1 is 1.00 bits per heavy atom. The summed E-state index contributed by atoms with van der Waals surface area (Å²) in [5.74, 6) is 1.24. The fourth-order valence-corrected chi connectivity index (χ4v) is 5.27. The fourth-order valence-electron chi connectivity index (χ4n) is 5.27. The number of methoxy groups -OCH3 is 1. The molecule has 2 atom stereocenters. The van der Waals surface area contributed by atoms with Crippen LogP contribution in [0.5, 0.6) is 11.5 Å². The minimum Gasteiger partial charge on any atom is -0.493 e. The van der Waals surface area contributed by atoms with Crippen LogP contribution in [0.3, 0.4) is 0 Å². The summed E-state index contributed by atoms with van der Waals surface area (Å²) in [5, 5.41) is 0. The van der Waals surface area contributed by atoms with Gasteiger partial charge < -0.3 is 23.8 Å². The Hall–Kier alpha value is -2.57. The second-order valence-corrected chi connectivity index (χ2v) is 10.3. The van der Waals surface area contributed by atoms with Crippen LogP contribution in [0.25, 0.3) is 0 Å². The van der Waals surface area contributed by atoms with E-state index in [9.17, 15) is 4.79 Å². The molecule has 2 aliphatic rings. The number of rotatable bonds is 7. The third-order valence-electron chi connectivity index (χ3n) is 6.84. The standard InChI is InChI=1S/C29H39NO5/c1-20(2)33-24-18-26(22-9-7-6-8-10-22)35-29(19-24)13-15-30(16-14-29)28(31)23-11-12-25(34-21(3)4)27(17-23)32-5/h6-12,17,20-21,24,26H,13-16,18-19H2,1-5H3. The van der Waals surface area contributed by atoms with E-state index in [0.29, 0.717) is 30.2 Å². The normalized spacial score (nSPS) is 22.0. The molecule has 2 saturated heterocycles. The van der Waals surface area contributed by atoms with E-state index in [1.165, 1.54) is 5.56 Å². The van der Waals surface area contributed by atoms with Crippen molar-refractivity contribution in [2.45, 2.75) is 83.4 Å². The maximum Gasteiger partial charge on any atom is 0.253 e. The number of hydrogen-bond acceptors (Lipinski definition) is 5. The Morgan fingerprint density at radius 3 is 2.34 bits per heavy atom. The van der Waals surface area contributed by atoms with Crippen molar-refractivity contribution in [2.75, 3.05) is 20.2 Å². The molecule has 35 heavy (non-hydrogen) atoms. The number of ether oxygens (including phenoxy) is 4. The summed E-state index contributed by atoms with van der Waals surface area (Å²) in [7, 11) is 1.60. The van der Waals surface area contributed by atoms with Crippen LogP contribution in [-0.2, 0) is 9.47 Å². The van der Waals surface area contributed by atoms with Crippen molar-refractivity contribution < 1.29 is 23.7 Å². The summed E-state index contributed by atoms with van der Waals surface area (Å²) in [6.07, 6.45) is 3.68. The first kappa shape index (κ1) is 25.5. The van der Waals surface area contributed by atoms with Crippen molar-refractivity contribution >= 4 is 5.91 Å². The molecule has 0 N–H and O–H groups in total. The number of likely N-dealkylation sites (tertiary alicyclic amines) is 1. The number of carbonyl (C=O) groups is 1. The molecule has 0 saturated carbocycles. The molecule has 2 unspecified atom stereocenters. The minimum atomic E-state index is -0.276. The van der Waals surface area contributed by atoms with E-state index in [4.69, 9.17) is 18.9 Å². The molecule has 0 radical (unpaired) electrons. The largest absolute Gasteiger partial charge is 0.493 e. The van der Waals surface area contributed by atoms with Gasteiger partial charge in [-0.2, -0.15) is 0 Å². The molecule has 2 aliphatic heterocycles. The second kappa shape index (κ2) is 11.0. The Bertz CT molecular complexity index is 982. The fraction of sp³-hybridized carbons (Fsp3) is 0.552. The number of carbonyl (C=O) groups excluding carboxylic acids is 1. The Balaban J connectivity index is 1.46. The highest BCUT2D eigenvalue weighted by atomic mass is 16.5. The molecule has 2 heterocycles. The van der Waals surface area contributed by atoms with Gasteiger partial charge in [0.25, 0.3) is 5.91 Å². The van der Waals surface area contributed by atoms with Crippen LogP contribution >= 0.6 is 0 Å². The van der Waals surface area contributed by atoms with Crippen molar-refractivity contribution in [1.82, 2.24) is 4.90 Å². The molecule has 6 nitrogen and oxygen atoms in total. The lowest BCUT2D eigenvalue weighted by Gasteiger charge is -2.49. The van der Waals surface area contributed by atoms with E-state index >= 15 is 0 Å². The number of hydrogen-bond donors (Lipinski definition) is 0. The summed E-state index contributed by atoms with van der Waals surface area (Å²) >= 11 is 0. The summed E-state index contributed by atoms with van der Waals surface area (Å²) in [6, 6.07) is 15.8. The maximum atomic E-state index is 13.3. The van der Waals surface area contributed by atoms with Crippen LogP contribution < -0.4 is 9.47 Å². The van der Waals surface area contributed by atoms with Gasteiger partial charge in [-0.3, -0.25) is 4.79 Å². The number of amides is 1. The highest BCUT2D eigenvalue weighted by Gasteiger charge is 2.45. The van der Waals surface area contributed by atoms with Gasteiger partial charge >= 0.3 is 0 Å². The Labute approximate surface area is 209 Å². The molecule has 4 rings (SSSR count). The predicted octanol–water partition coefficient (Wildman–Crippen LogP) is 5.80. The Morgan fingerprint density at radius 2 is 1.71 bits per heavy atom. The zero-order valence-electron chi connectivity index (χ0n) is 21.7. The first-order valence-electron chi connectivity index (χ1n) is 12.8. The molecular formula is C29H39NO5. The van der Waals surface area contributed by atoms with Crippen LogP contribution in [0.2, 0.25) is 0 Å². The van der Waals surface area contributed by atoms with Crippen LogP contribution in [0.15, 0.2) is 48.5 Å². The van der Waals surface area contributed by atoms with Gasteiger partial charge in [0.05, 0.1) is 37.1 Å². The molecule has 190 valence electrons. The average molecular weight is 482 g/mol. The molecule has 2 aromatic rings. The molecule has 2 aromatic carbocycles. The van der Waals surface area contributed by atoms with Crippen molar-refractivity contribution in [1.29, 1.82) is 0 Å². The molecule has 1 amide bonds. The number of nitrogens with zero attached hydrogens (tertiary/aromatic N) is 1. The Kier molecular flexibility index (Phi) is 8.02. The highest BCUT2D eigenvalue weighted by Crippen LogP contribution is 2.44. The van der Waals surface area contributed by atoms with Crippen LogP contribution in [0, 0.1) is 0 Å². The number of piperidine rings is 1. The third-order valence-corrected chi connectivity index (χ3v) is 6.84. The lowest BCUT2D eigenvalue weighted by Crippen LogP contribution is -2.52. The van der Waals surface area contributed by atoms with Gasteiger partial charge in [-0.05, 0) is 64.3 Å². The van der Waals surface area contributed by atoms with Crippen LogP contribution in [0.4, 0.5) is 0 Å². The van der Waals surface area contributed by atoms with Crippen LogP contribution in [0.1, 0.15) is 75.4 Å². The van der Waals surface area contributed by atoms with E-state index in [0.717, 1.165) is 25.7 Å². The van der Waals surface area contributed by atoms with Crippen LogP contribution in [-0.4, -0.2) is 54.9 Å². The maximum absolute atomic E-state index is 13.3. The van der Waals surface area contributed by atoms with Gasteiger partial charge in [-0.1, -0.05) is 30.3 Å². The van der Waals surface area contributed by atoms with Crippen molar-refractivity contribution in [3.63, 3.8) is 0 Å². The summed E-state index contributed by atoms with van der Waals surface area (Å²) in [4.78, 5) is 15.3. The molecular weight excluding hydrogens is 442 g/mol. The summed E-state index contributed by atoms with van der Waals surface area (Å²) in [6.45, 7) is 9.42. The number of benzene rings is 2. The van der Waals surface area contributed by atoms with Gasteiger partial charge in [0.1, 0.15) is 0 Å². The average Bonchev–Trinajstić information content (AvgIpc) is 2.84. The molecule has 6 heteroatoms. The molecule has 0 aromatic heterocycles. The van der Waals surface area contributed by atoms with E-state index in [1.54, 1.807) is 13.2 Å². The van der Waals surface area contributed by atoms with Crippen molar-refractivity contribution in [2.24, 2.45) is 0 Å². The topological polar surface area (TPSA) is 57.2 Å². The molecule has 2 fully saturated rings. The van der Waals surface area contributed by atoms with E-state index in [2.05, 4.69) is 38.1 Å². The SMILES string of the molecule is COc1cc(C(=O)N2CCC3(CC2)CC(OC(C)C)CC(c2ccccc2)O3)ccc1OC(C)C. The third kappa shape index (κ3) is 6.17. The second-order valence-electron chi connectivity index (χ2n) is 10.3. The first-order valence-corrected chi connectivity index (χ1v) is 12.8. The minimum absolute atomic E-state index is 0.00807. The van der Waals surface area contributed by atoms with Gasteiger partial charge in [0.15, 0.2) is 11.5 Å². The zero-order chi connectivity index (χ0) is 25.0. The lowest BCUT2D eigenvalue weighted by molar-refractivity contribution is -0.197. The van der Waals surface area contributed by atoms with Gasteiger partial charge in [0.2, 0.25) is 0 Å². The first-order chi connectivity index (χ1) is 16.8. The van der Waals surface area contributed by atoms with E-state index in [1.807, 2.05) is 36.9 Å². The van der Waals surface area contributed by atoms with Gasteiger partial charge in [-0.15, -0.1) is 0 Å². The van der Waals surface area contributed by atoms with E-state index in [-0.39, 0.29) is 35.9 Å². The molecule has 0 bridgehead atoms. The molecule has 1 spiro atoms. The van der Waals surface area contributed by atoms with E-state index < -0.39 is 0 Å². The zero-order valence-corrected chi connectivity index (χ0v) is 21.7. The molecule has 0 aliphatic carbocycles. The van der Waals surface area contributed by atoms with Crippen molar-refractivity contribution in [3.8, 4) is 11.5 Å².